The summed E-state index contributed by atoms with van der Waals surface area (Å²) in [6.07, 6.45) is 0. The summed E-state index contributed by atoms with van der Waals surface area (Å²) >= 11 is 2.59. The Hall–Kier alpha value is -1.54. The van der Waals surface area contributed by atoms with Crippen molar-refractivity contribution in [2.75, 3.05) is 31.8 Å². The molecule has 0 bridgehead atoms. The Labute approximate surface area is 118 Å². The van der Waals surface area contributed by atoms with Gasteiger partial charge in [0, 0.05) is 20.2 Å². The van der Waals surface area contributed by atoms with Gasteiger partial charge in [-0.15, -0.1) is 10.2 Å². The number of ether oxygens (including phenoxy) is 1. The van der Waals surface area contributed by atoms with Gasteiger partial charge in [-0.05, 0) is 6.07 Å². The number of nitrogen functional groups attached to an aromatic ring is 1. The van der Waals surface area contributed by atoms with Crippen LogP contribution in [0.15, 0.2) is 21.4 Å². The second kappa shape index (κ2) is 5.62. The van der Waals surface area contributed by atoms with Crippen LogP contribution in [0.25, 0.3) is 0 Å². The SMILES string of the molecule is COc1cc(Sc2nnc(N(C)C)s2)c(F)cc1N. The highest BCUT2D eigenvalue weighted by atomic mass is 32.2. The predicted molar refractivity (Wildman–Crippen MR) is 75.7 cm³/mol. The third-order valence-electron chi connectivity index (χ3n) is 2.26. The molecule has 0 aliphatic heterocycles. The standard InChI is InChI=1S/C11H13FN4OS2/c1-16(2)10-14-15-11(19-10)18-9-5-8(17-3)7(13)4-6(9)12/h4-5H,13H2,1-3H3. The van der Waals surface area contributed by atoms with Crippen molar-refractivity contribution >= 4 is 33.9 Å². The molecule has 0 aliphatic carbocycles. The first kappa shape index (κ1) is 13.9. The summed E-state index contributed by atoms with van der Waals surface area (Å²) < 4.78 is 19.5. The molecule has 2 aromatic rings. The number of methoxy groups -OCH3 is 1. The van der Waals surface area contributed by atoms with E-state index < -0.39 is 5.82 Å². The van der Waals surface area contributed by atoms with Gasteiger partial charge in [0.1, 0.15) is 11.6 Å². The van der Waals surface area contributed by atoms with E-state index in [1.807, 2.05) is 19.0 Å². The molecule has 0 saturated heterocycles. The molecular formula is C11H13FN4OS2. The number of hydrogen-bond acceptors (Lipinski definition) is 7. The van der Waals surface area contributed by atoms with Crippen LogP contribution in [0.4, 0.5) is 15.2 Å². The molecule has 2 rings (SSSR count). The van der Waals surface area contributed by atoms with Gasteiger partial charge in [0.2, 0.25) is 5.13 Å². The van der Waals surface area contributed by atoms with Crippen molar-refractivity contribution in [2.45, 2.75) is 9.24 Å². The molecule has 1 heterocycles. The number of halogens is 1. The summed E-state index contributed by atoms with van der Waals surface area (Å²) in [5.41, 5.74) is 5.91. The van der Waals surface area contributed by atoms with Gasteiger partial charge in [-0.2, -0.15) is 0 Å². The van der Waals surface area contributed by atoms with E-state index >= 15 is 0 Å². The second-order valence-electron chi connectivity index (χ2n) is 3.87. The van der Waals surface area contributed by atoms with Crippen LogP contribution in [0.3, 0.4) is 0 Å². The molecule has 0 spiro atoms. The average molecular weight is 300 g/mol. The normalized spacial score (nSPS) is 10.5. The summed E-state index contributed by atoms with van der Waals surface area (Å²) in [6, 6.07) is 2.81. The Kier molecular flexibility index (Phi) is 4.11. The third-order valence-corrected chi connectivity index (χ3v) is 4.43. The zero-order valence-electron chi connectivity index (χ0n) is 10.7. The minimum Gasteiger partial charge on any atom is -0.495 e. The predicted octanol–water partition coefficient (Wildman–Crippen LogP) is 2.49. The zero-order chi connectivity index (χ0) is 14.0. The number of anilines is 2. The van der Waals surface area contributed by atoms with Gasteiger partial charge in [0.15, 0.2) is 4.34 Å². The zero-order valence-corrected chi connectivity index (χ0v) is 12.3. The van der Waals surface area contributed by atoms with Gasteiger partial charge >= 0.3 is 0 Å². The molecule has 0 amide bonds. The first-order valence-electron chi connectivity index (χ1n) is 5.33. The van der Waals surface area contributed by atoms with E-state index in [4.69, 9.17) is 10.5 Å². The summed E-state index contributed by atoms with van der Waals surface area (Å²) in [6.45, 7) is 0. The topological polar surface area (TPSA) is 64.3 Å². The molecule has 0 fully saturated rings. The number of nitrogens with two attached hydrogens (primary N) is 1. The lowest BCUT2D eigenvalue weighted by molar-refractivity contribution is 0.414. The highest BCUT2D eigenvalue weighted by Gasteiger charge is 2.13. The van der Waals surface area contributed by atoms with Crippen LogP contribution in [0.5, 0.6) is 5.75 Å². The summed E-state index contributed by atoms with van der Waals surface area (Å²) in [5, 5.41) is 8.77. The fourth-order valence-electron chi connectivity index (χ4n) is 1.32. The van der Waals surface area contributed by atoms with E-state index in [0.717, 1.165) is 5.13 Å². The molecule has 2 N–H and O–H groups in total. The van der Waals surface area contributed by atoms with E-state index in [0.29, 0.717) is 15.0 Å². The van der Waals surface area contributed by atoms with Gasteiger partial charge in [-0.1, -0.05) is 23.1 Å². The monoisotopic (exact) mass is 300 g/mol. The highest BCUT2D eigenvalue weighted by Crippen LogP contribution is 2.37. The van der Waals surface area contributed by atoms with Crippen molar-refractivity contribution in [3.8, 4) is 5.75 Å². The first-order chi connectivity index (χ1) is 9.01. The van der Waals surface area contributed by atoms with Crippen LogP contribution in [0.2, 0.25) is 0 Å². The first-order valence-corrected chi connectivity index (χ1v) is 6.96. The average Bonchev–Trinajstić information content (AvgIpc) is 2.81. The maximum atomic E-state index is 13.8. The maximum absolute atomic E-state index is 13.8. The molecule has 0 unspecified atom stereocenters. The molecule has 0 saturated carbocycles. The molecule has 1 aromatic carbocycles. The molecule has 1 aromatic heterocycles. The summed E-state index contributed by atoms with van der Waals surface area (Å²) in [4.78, 5) is 2.26. The van der Waals surface area contributed by atoms with E-state index in [9.17, 15) is 4.39 Å². The Morgan fingerprint density at radius 2 is 2.11 bits per heavy atom. The fourth-order valence-corrected chi connectivity index (χ4v) is 3.08. The lowest BCUT2D eigenvalue weighted by atomic mass is 10.3. The largest absolute Gasteiger partial charge is 0.495 e. The number of hydrogen-bond donors (Lipinski definition) is 1. The number of nitrogens with zero attached hydrogens (tertiary/aromatic N) is 3. The van der Waals surface area contributed by atoms with Crippen molar-refractivity contribution in [3.05, 3.63) is 17.9 Å². The van der Waals surface area contributed by atoms with E-state index in [-0.39, 0.29) is 5.69 Å². The number of aromatic nitrogens is 2. The molecule has 0 atom stereocenters. The highest BCUT2D eigenvalue weighted by molar-refractivity contribution is 8.01. The van der Waals surface area contributed by atoms with Crippen LogP contribution >= 0.6 is 23.1 Å². The minimum absolute atomic E-state index is 0.274. The maximum Gasteiger partial charge on any atom is 0.208 e. The summed E-state index contributed by atoms with van der Waals surface area (Å²) in [7, 11) is 5.25. The molecule has 19 heavy (non-hydrogen) atoms. The van der Waals surface area contributed by atoms with Crippen molar-refractivity contribution < 1.29 is 9.13 Å². The van der Waals surface area contributed by atoms with Crippen LogP contribution in [-0.2, 0) is 0 Å². The third kappa shape index (κ3) is 3.07. The fraction of sp³-hybridized carbons (Fsp3) is 0.273. The Balaban J connectivity index is 2.27. The molecule has 102 valence electrons. The van der Waals surface area contributed by atoms with Crippen molar-refractivity contribution in [2.24, 2.45) is 0 Å². The lowest BCUT2D eigenvalue weighted by Crippen LogP contribution is -2.07. The summed E-state index contributed by atoms with van der Waals surface area (Å²) in [5.74, 6) is 0.0474. The van der Waals surface area contributed by atoms with E-state index in [2.05, 4.69) is 10.2 Å². The molecule has 0 radical (unpaired) electrons. The number of benzene rings is 1. The van der Waals surface area contributed by atoms with Crippen LogP contribution in [-0.4, -0.2) is 31.4 Å². The van der Waals surface area contributed by atoms with Gasteiger partial charge in [-0.3, -0.25) is 0 Å². The Morgan fingerprint density at radius 3 is 2.68 bits per heavy atom. The Morgan fingerprint density at radius 1 is 1.37 bits per heavy atom. The van der Waals surface area contributed by atoms with Crippen LogP contribution < -0.4 is 15.4 Å². The van der Waals surface area contributed by atoms with Crippen molar-refractivity contribution in [1.82, 2.24) is 10.2 Å². The van der Waals surface area contributed by atoms with Gasteiger partial charge in [0.25, 0.3) is 0 Å². The lowest BCUT2D eigenvalue weighted by Gasteiger charge is -2.07. The molecule has 8 heteroatoms. The van der Waals surface area contributed by atoms with Gasteiger partial charge in [0.05, 0.1) is 17.7 Å². The molecule has 0 aliphatic rings. The van der Waals surface area contributed by atoms with E-state index in [1.165, 1.54) is 36.3 Å². The minimum atomic E-state index is -0.398. The van der Waals surface area contributed by atoms with Crippen LogP contribution in [0, 0.1) is 5.82 Å². The molecular weight excluding hydrogens is 287 g/mol. The van der Waals surface area contributed by atoms with Crippen molar-refractivity contribution in [1.29, 1.82) is 0 Å². The van der Waals surface area contributed by atoms with Gasteiger partial charge in [-0.25, -0.2) is 4.39 Å². The van der Waals surface area contributed by atoms with E-state index in [1.54, 1.807) is 6.07 Å². The quantitative estimate of drug-likeness (QED) is 0.875. The van der Waals surface area contributed by atoms with Crippen molar-refractivity contribution in [3.63, 3.8) is 0 Å². The Bertz CT molecular complexity index is 588. The van der Waals surface area contributed by atoms with Gasteiger partial charge < -0.3 is 15.4 Å². The smallest absolute Gasteiger partial charge is 0.208 e. The number of rotatable bonds is 4. The molecule has 5 nitrogen and oxygen atoms in total. The van der Waals surface area contributed by atoms with Crippen LogP contribution in [0.1, 0.15) is 0 Å². The second-order valence-corrected chi connectivity index (χ2v) is 6.12.